The molecule has 2 fully saturated rings. The Morgan fingerprint density at radius 3 is 1.87 bits per heavy atom. The summed E-state index contributed by atoms with van der Waals surface area (Å²) in [6.07, 6.45) is -16.9. The molecule has 10 atom stereocenters. The van der Waals surface area contributed by atoms with Gasteiger partial charge in [-0.3, -0.25) is 13.9 Å². The standard InChI is InChI=1S/C16H30N2O17S2.Na/c1-6(21)18-9-10(22)12(7(4-19)31-15(9)30-3-2-17)33-16-11(23)14(35-37(27,28)29)13(8(5-20)32-16)34-36(24,25)26;/h7-16,19-20,22-23H,2-5,17H2,1H3,(H,18,21)(H,24,25,26)(H,27,28,29);/q;+1/t7-,8-,9-,10-,11-,12-,13+,14-,15-,16+;/m1./s1. The summed E-state index contributed by atoms with van der Waals surface area (Å²) in [5.74, 6) is -0.628. The quantitative estimate of drug-likeness (QED) is 0.0752. The first-order chi connectivity index (χ1) is 17.1. The molecule has 19 nitrogen and oxygen atoms in total. The number of aliphatic hydroxyl groups is 4. The van der Waals surface area contributed by atoms with Crippen molar-refractivity contribution in [1.29, 1.82) is 0 Å². The second kappa shape index (κ2) is 15.2. The minimum Gasteiger partial charge on any atom is -0.394 e. The van der Waals surface area contributed by atoms with Crippen molar-refractivity contribution in [2.75, 3.05) is 26.4 Å². The maximum atomic E-state index is 11.7. The van der Waals surface area contributed by atoms with E-state index in [-0.39, 0.29) is 42.7 Å². The molecular weight excluding hydrogens is 579 g/mol. The third-order valence-corrected chi connectivity index (χ3v) is 6.11. The summed E-state index contributed by atoms with van der Waals surface area (Å²) in [6, 6.07) is -1.31. The Balaban J connectivity index is 0.00000722. The molecule has 0 bridgehead atoms. The van der Waals surface area contributed by atoms with E-state index in [0.29, 0.717) is 0 Å². The van der Waals surface area contributed by atoms with Crippen molar-refractivity contribution in [3.05, 3.63) is 0 Å². The zero-order valence-electron chi connectivity index (χ0n) is 20.2. The Kier molecular flexibility index (Phi) is 14.3. The van der Waals surface area contributed by atoms with E-state index in [2.05, 4.69) is 13.7 Å². The molecule has 0 spiro atoms. The molecule has 2 rings (SSSR count). The average Bonchev–Trinajstić information content (AvgIpc) is 2.77. The first-order valence-electron chi connectivity index (χ1n) is 10.6. The molecular formula is C16H30N2NaO17S2+. The van der Waals surface area contributed by atoms with Crippen LogP contribution in [0.25, 0.3) is 0 Å². The summed E-state index contributed by atoms with van der Waals surface area (Å²) in [5, 5.41) is 43.3. The number of amides is 1. The van der Waals surface area contributed by atoms with Crippen LogP contribution in [0.4, 0.5) is 0 Å². The van der Waals surface area contributed by atoms with Crippen molar-refractivity contribution >= 4 is 26.7 Å². The normalized spacial score (nSPS) is 36.3. The number of aliphatic hydroxyl groups excluding tert-OH is 4. The number of ether oxygens (including phenoxy) is 4. The van der Waals surface area contributed by atoms with Crippen molar-refractivity contribution in [2.24, 2.45) is 5.73 Å². The third kappa shape index (κ3) is 10.0. The van der Waals surface area contributed by atoms with Crippen LogP contribution in [0.1, 0.15) is 6.92 Å². The van der Waals surface area contributed by atoms with Crippen LogP contribution in [-0.4, -0.2) is 140 Å². The van der Waals surface area contributed by atoms with Crippen LogP contribution in [0.3, 0.4) is 0 Å². The zero-order valence-corrected chi connectivity index (χ0v) is 23.8. The van der Waals surface area contributed by atoms with Crippen LogP contribution >= 0.6 is 0 Å². The van der Waals surface area contributed by atoms with Crippen LogP contribution in [0.2, 0.25) is 0 Å². The number of rotatable bonds is 12. The summed E-state index contributed by atoms with van der Waals surface area (Å²) in [6.45, 7) is -0.840. The van der Waals surface area contributed by atoms with E-state index in [1.165, 1.54) is 0 Å². The Labute approximate surface area is 239 Å². The maximum Gasteiger partial charge on any atom is 1.00 e. The molecule has 0 saturated carbocycles. The van der Waals surface area contributed by atoms with Gasteiger partial charge in [0.1, 0.15) is 48.8 Å². The fourth-order valence-corrected chi connectivity index (χ4v) is 4.78. The molecule has 0 unspecified atom stereocenters. The van der Waals surface area contributed by atoms with E-state index in [1.807, 2.05) is 0 Å². The van der Waals surface area contributed by atoms with Crippen LogP contribution in [0.15, 0.2) is 0 Å². The molecule has 0 aromatic carbocycles. The first-order valence-corrected chi connectivity index (χ1v) is 13.3. The second-order valence-corrected chi connectivity index (χ2v) is 9.99. The van der Waals surface area contributed by atoms with Gasteiger partial charge in [0, 0.05) is 13.5 Å². The Hall–Kier alpha value is -0.150. The molecule has 0 aliphatic carbocycles. The van der Waals surface area contributed by atoms with Crippen LogP contribution in [0, 0.1) is 0 Å². The minimum atomic E-state index is -5.40. The summed E-state index contributed by atoms with van der Waals surface area (Å²) >= 11 is 0. The molecule has 0 radical (unpaired) electrons. The number of nitrogens with one attached hydrogen (secondary N) is 1. The Morgan fingerprint density at radius 1 is 0.895 bits per heavy atom. The van der Waals surface area contributed by atoms with Crippen LogP contribution < -0.4 is 40.6 Å². The van der Waals surface area contributed by atoms with Gasteiger partial charge in [-0.1, -0.05) is 0 Å². The summed E-state index contributed by atoms with van der Waals surface area (Å²) in [4.78, 5) is 11.7. The van der Waals surface area contributed by atoms with E-state index in [1.54, 1.807) is 0 Å². The largest absolute Gasteiger partial charge is 1.00 e. The van der Waals surface area contributed by atoms with Gasteiger partial charge < -0.3 is 50.4 Å². The molecule has 22 heteroatoms. The van der Waals surface area contributed by atoms with Gasteiger partial charge in [0.15, 0.2) is 12.6 Å². The monoisotopic (exact) mass is 609 g/mol. The van der Waals surface area contributed by atoms with Gasteiger partial charge in [-0.2, -0.15) is 16.8 Å². The van der Waals surface area contributed by atoms with E-state index < -0.39 is 101 Å². The van der Waals surface area contributed by atoms with E-state index in [4.69, 9.17) is 33.8 Å². The Morgan fingerprint density at radius 2 is 1.39 bits per heavy atom. The number of hydrogen-bond acceptors (Lipinski definition) is 16. The fourth-order valence-electron chi connectivity index (χ4n) is 3.76. The maximum absolute atomic E-state index is 11.7. The molecule has 2 saturated heterocycles. The fraction of sp³-hybridized carbons (Fsp3) is 0.938. The summed E-state index contributed by atoms with van der Waals surface area (Å²) in [5.41, 5.74) is 5.39. The summed E-state index contributed by atoms with van der Waals surface area (Å²) < 4.78 is 93.4. The van der Waals surface area contributed by atoms with E-state index >= 15 is 0 Å². The molecule has 218 valence electrons. The molecule has 38 heavy (non-hydrogen) atoms. The van der Waals surface area contributed by atoms with Crippen molar-refractivity contribution in [3.63, 3.8) is 0 Å². The number of nitrogens with two attached hydrogens (primary N) is 1. The average molecular weight is 610 g/mol. The van der Waals surface area contributed by atoms with E-state index in [0.717, 1.165) is 6.92 Å². The summed E-state index contributed by atoms with van der Waals surface area (Å²) in [7, 11) is -10.7. The van der Waals surface area contributed by atoms with Gasteiger partial charge in [0.25, 0.3) is 0 Å². The third-order valence-electron chi connectivity index (χ3n) is 5.17. The number of hydrogen-bond donors (Lipinski definition) is 8. The van der Waals surface area contributed by atoms with Gasteiger partial charge in [-0.25, -0.2) is 8.37 Å². The smallest absolute Gasteiger partial charge is 0.394 e. The van der Waals surface area contributed by atoms with E-state index in [9.17, 15) is 42.1 Å². The van der Waals surface area contributed by atoms with Crippen molar-refractivity contribution < 1.29 is 108 Å². The van der Waals surface area contributed by atoms with Crippen molar-refractivity contribution in [2.45, 2.75) is 68.3 Å². The number of carbonyl (C=O) groups excluding carboxylic acids is 1. The first kappa shape index (κ1) is 35.9. The Bertz CT molecular complexity index is 971. The molecule has 2 aliphatic heterocycles. The topological polar surface area (TPSA) is 300 Å². The second-order valence-electron chi connectivity index (χ2n) is 7.90. The zero-order chi connectivity index (χ0) is 28.1. The van der Waals surface area contributed by atoms with Crippen LogP contribution in [-0.2, 0) is 52.9 Å². The van der Waals surface area contributed by atoms with Gasteiger partial charge in [0.2, 0.25) is 5.91 Å². The van der Waals surface area contributed by atoms with Gasteiger partial charge in [0.05, 0.1) is 19.8 Å². The predicted molar refractivity (Wildman–Crippen MR) is 114 cm³/mol. The molecule has 2 heterocycles. The van der Waals surface area contributed by atoms with Crippen molar-refractivity contribution in [3.8, 4) is 0 Å². The molecule has 0 aromatic heterocycles. The number of carbonyl (C=O) groups is 1. The molecule has 1 amide bonds. The van der Waals surface area contributed by atoms with Crippen molar-refractivity contribution in [1.82, 2.24) is 5.32 Å². The van der Waals surface area contributed by atoms with Gasteiger partial charge in [-0.15, -0.1) is 0 Å². The molecule has 9 N–H and O–H groups in total. The molecule has 2 aliphatic rings. The predicted octanol–water partition coefficient (Wildman–Crippen LogP) is -8.61. The van der Waals surface area contributed by atoms with Gasteiger partial charge in [-0.05, 0) is 0 Å². The van der Waals surface area contributed by atoms with Gasteiger partial charge >= 0.3 is 50.4 Å². The SMILES string of the molecule is CC(=O)N[C@H]1[C@H](OCCN)O[C@H](CO)[C@@H](O[C@@H]2O[C@H](CO)[C@H](OS(=O)(=O)O)[C@H](OS(=O)(=O)O)[C@H]2O)[C@@H]1O.[Na+]. The molecule has 0 aromatic rings. The minimum absolute atomic E-state index is 0. The van der Waals surface area contributed by atoms with Crippen LogP contribution in [0.5, 0.6) is 0 Å².